The third-order valence-electron chi connectivity index (χ3n) is 3.43. The van der Waals surface area contributed by atoms with Gasteiger partial charge in [0.25, 0.3) is 0 Å². The number of morpholine rings is 1. The zero-order valence-corrected chi connectivity index (χ0v) is 12.8. The van der Waals surface area contributed by atoms with Crippen LogP contribution in [-0.4, -0.2) is 55.3 Å². The summed E-state index contributed by atoms with van der Waals surface area (Å²) in [4.78, 5) is 22.9. The summed E-state index contributed by atoms with van der Waals surface area (Å²) in [6.07, 6.45) is 2.79. The van der Waals surface area contributed by atoms with Crippen LogP contribution in [0, 0.1) is 6.92 Å². The Morgan fingerprint density at radius 3 is 3.10 bits per heavy atom. The number of amides is 1. The van der Waals surface area contributed by atoms with Crippen molar-refractivity contribution in [2.24, 2.45) is 0 Å². The van der Waals surface area contributed by atoms with E-state index in [1.807, 2.05) is 11.8 Å². The lowest BCUT2D eigenvalue weighted by atomic mass is 10.2. The Labute approximate surface area is 125 Å². The summed E-state index contributed by atoms with van der Waals surface area (Å²) < 4.78 is 5.43. The molecule has 21 heavy (non-hydrogen) atoms. The summed E-state index contributed by atoms with van der Waals surface area (Å²) in [5.41, 5.74) is 0.952. The maximum absolute atomic E-state index is 12.0. The lowest BCUT2D eigenvalue weighted by Gasteiger charge is -2.35. The van der Waals surface area contributed by atoms with Crippen LogP contribution in [0.15, 0.2) is 6.20 Å². The van der Waals surface area contributed by atoms with E-state index in [0.29, 0.717) is 25.7 Å². The number of carbonyl (C=O) groups excluding carboxylic acids is 1. The number of nitrogens with zero attached hydrogens (tertiary/aromatic N) is 3. The predicted molar refractivity (Wildman–Crippen MR) is 81.6 cm³/mol. The molecular weight excluding hydrogens is 270 g/mol. The minimum absolute atomic E-state index is 0.0595. The number of aryl methyl sites for hydroxylation is 1. The molecule has 0 aromatic carbocycles. The molecule has 1 atom stereocenters. The fourth-order valence-corrected chi connectivity index (χ4v) is 2.29. The van der Waals surface area contributed by atoms with Gasteiger partial charge in [0.1, 0.15) is 11.9 Å². The number of hydrogen-bond acceptors (Lipinski definition) is 6. The van der Waals surface area contributed by atoms with Crippen molar-refractivity contribution in [1.82, 2.24) is 15.3 Å². The zero-order valence-electron chi connectivity index (χ0n) is 12.8. The van der Waals surface area contributed by atoms with Crippen molar-refractivity contribution in [2.75, 3.05) is 43.6 Å². The molecule has 1 saturated heterocycles. The highest BCUT2D eigenvalue weighted by Gasteiger charge is 2.30. The van der Waals surface area contributed by atoms with Gasteiger partial charge in [0, 0.05) is 31.9 Å². The predicted octanol–water partition coefficient (Wildman–Crippen LogP) is 0.558. The normalized spacial score (nSPS) is 18.4. The average Bonchev–Trinajstić information content (AvgIpc) is 2.53. The van der Waals surface area contributed by atoms with E-state index in [4.69, 9.17) is 4.74 Å². The summed E-state index contributed by atoms with van der Waals surface area (Å²) in [6.45, 7) is 6.48. The second kappa shape index (κ2) is 7.21. The Hall–Kier alpha value is -1.89. The quantitative estimate of drug-likeness (QED) is 0.826. The van der Waals surface area contributed by atoms with E-state index in [9.17, 15) is 4.79 Å². The van der Waals surface area contributed by atoms with Crippen LogP contribution in [0.3, 0.4) is 0 Å². The van der Waals surface area contributed by atoms with Crippen LogP contribution in [0.5, 0.6) is 0 Å². The van der Waals surface area contributed by atoms with Gasteiger partial charge in [0.05, 0.1) is 13.2 Å². The zero-order chi connectivity index (χ0) is 15.2. The molecule has 0 radical (unpaired) electrons. The monoisotopic (exact) mass is 293 g/mol. The van der Waals surface area contributed by atoms with Crippen molar-refractivity contribution >= 4 is 17.7 Å². The molecule has 1 amide bonds. The number of nitrogens with one attached hydrogen (secondary N) is 2. The van der Waals surface area contributed by atoms with Crippen molar-refractivity contribution in [3.63, 3.8) is 0 Å². The highest BCUT2D eigenvalue weighted by atomic mass is 16.5. The Morgan fingerprint density at radius 1 is 1.57 bits per heavy atom. The SMILES string of the molecule is CCCNc1ncc(C)c(N2CCOCC2C(=O)NC)n1. The van der Waals surface area contributed by atoms with Crippen LogP contribution >= 0.6 is 0 Å². The van der Waals surface area contributed by atoms with E-state index < -0.39 is 0 Å². The van der Waals surface area contributed by atoms with Crippen LogP contribution < -0.4 is 15.5 Å². The Morgan fingerprint density at radius 2 is 2.38 bits per heavy atom. The number of ether oxygens (including phenoxy) is 1. The molecule has 2 rings (SSSR count). The summed E-state index contributed by atoms with van der Waals surface area (Å²) in [5, 5.41) is 5.86. The Bertz CT molecular complexity index is 494. The molecule has 1 aromatic heterocycles. The lowest BCUT2D eigenvalue weighted by Crippen LogP contribution is -2.54. The van der Waals surface area contributed by atoms with Gasteiger partial charge in [0.15, 0.2) is 0 Å². The molecule has 116 valence electrons. The lowest BCUT2D eigenvalue weighted by molar-refractivity contribution is -0.124. The molecule has 2 heterocycles. The van der Waals surface area contributed by atoms with Crippen LogP contribution in [-0.2, 0) is 9.53 Å². The van der Waals surface area contributed by atoms with E-state index in [1.165, 1.54) is 0 Å². The van der Waals surface area contributed by atoms with E-state index in [1.54, 1.807) is 13.2 Å². The van der Waals surface area contributed by atoms with Crippen molar-refractivity contribution < 1.29 is 9.53 Å². The Kier molecular flexibility index (Phi) is 5.32. The fourth-order valence-electron chi connectivity index (χ4n) is 2.29. The first kappa shape index (κ1) is 15.5. The maximum Gasteiger partial charge on any atom is 0.244 e. The van der Waals surface area contributed by atoms with Crippen molar-refractivity contribution in [3.8, 4) is 0 Å². The molecule has 0 bridgehead atoms. The first-order chi connectivity index (χ1) is 10.2. The summed E-state index contributed by atoms with van der Waals surface area (Å²) in [5.74, 6) is 1.33. The molecule has 1 aromatic rings. The van der Waals surface area contributed by atoms with E-state index in [0.717, 1.165) is 24.3 Å². The first-order valence-corrected chi connectivity index (χ1v) is 7.30. The third-order valence-corrected chi connectivity index (χ3v) is 3.43. The molecular formula is C14H23N5O2. The van der Waals surface area contributed by atoms with Crippen LogP contribution in [0.25, 0.3) is 0 Å². The van der Waals surface area contributed by atoms with Gasteiger partial charge in [0.2, 0.25) is 11.9 Å². The molecule has 1 unspecified atom stereocenters. The first-order valence-electron chi connectivity index (χ1n) is 7.30. The molecule has 1 aliphatic heterocycles. The minimum atomic E-state index is -0.351. The molecule has 1 aliphatic rings. The number of rotatable bonds is 5. The number of anilines is 2. The number of hydrogen-bond donors (Lipinski definition) is 2. The van der Waals surface area contributed by atoms with Crippen LogP contribution in [0.1, 0.15) is 18.9 Å². The second-order valence-corrected chi connectivity index (χ2v) is 5.03. The molecule has 7 heteroatoms. The smallest absolute Gasteiger partial charge is 0.244 e. The van der Waals surface area contributed by atoms with Crippen LogP contribution in [0.2, 0.25) is 0 Å². The van der Waals surface area contributed by atoms with E-state index in [2.05, 4.69) is 27.5 Å². The van der Waals surface area contributed by atoms with E-state index in [-0.39, 0.29) is 11.9 Å². The number of likely N-dealkylation sites (N-methyl/N-ethyl adjacent to an activating group) is 1. The molecule has 1 fully saturated rings. The summed E-state index contributed by atoms with van der Waals surface area (Å²) >= 11 is 0. The van der Waals surface area contributed by atoms with E-state index >= 15 is 0 Å². The van der Waals surface area contributed by atoms with Gasteiger partial charge in [-0.3, -0.25) is 4.79 Å². The molecule has 0 aliphatic carbocycles. The maximum atomic E-state index is 12.0. The molecule has 0 spiro atoms. The van der Waals surface area contributed by atoms with Gasteiger partial charge in [-0.15, -0.1) is 0 Å². The average molecular weight is 293 g/mol. The van der Waals surface area contributed by atoms with Crippen molar-refractivity contribution in [2.45, 2.75) is 26.3 Å². The highest BCUT2D eigenvalue weighted by molar-refractivity contribution is 5.85. The minimum Gasteiger partial charge on any atom is -0.377 e. The second-order valence-electron chi connectivity index (χ2n) is 5.03. The van der Waals surface area contributed by atoms with Gasteiger partial charge in [-0.2, -0.15) is 4.98 Å². The topological polar surface area (TPSA) is 79.4 Å². The summed E-state index contributed by atoms with van der Waals surface area (Å²) in [7, 11) is 1.64. The fraction of sp³-hybridized carbons (Fsp3) is 0.643. The Balaban J connectivity index is 2.26. The molecule has 7 nitrogen and oxygen atoms in total. The third kappa shape index (κ3) is 3.60. The van der Waals surface area contributed by atoms with Gasteiger partial charge < -0.3 is 20.3 Å². The van der Waals surface area contributed by atoms with Crippen LogP contribution in [0.4, 0.5) is 11.8 Å². The number of aromatic nitrogens is 2. The summed E-state index contributed by atoms with van der Waals surface area (Å²) in [6, 6.07) is -0.351. The van der Waals surface area contributed by atoms with Crippen molar-refractivity contribution in [1.29, 1.82) is 0 Å². The van der Waals surface area contributed by atoms with Gasteiger partial charge in [-0.25, -0.2) is 4.98 Å². The van der Waals surface area contributed by atoms with Gasteiger partial charge in [-0.05, 0) is 13.3 Å². The molecule has 0 saturated carbocycles. The van der Waals surface area contributed by atoms with Gasteiger partial charge in [-0.1, -0.05) is 6.92 Å². The number of carbonyl (C=O) groups is 1. The largest absolute Gasteiger partial charge is 0.377 e. The molecule has 2 N–H and O–H groups in total. The van der Waals surface area contributed by atoms with Gasteiger partial charge >= 0.3 is 0 Å². The standard InChI is InChI=1S/C14H23N5O2/c1-4-5-16-14-17-8-10(2)12(18-14)19-6-7-21-9-11(19)13(20)15-3/h8,11H,4-7,9H2,1-3H3,(H,15,20)(H,16,17,18). The highest BCUT2D eigenvalue weighted by Crippen LogP contribution is 2.22. The van der Waals surface area contributed by atoms with Crippen molar-refractivity contribution in [3.05, 3.63) is 11.8 Å².